The maximum Gasteiger partial charge on any atom is 0.329 e. The lowest BCUT2D eigenvalue weighted by atomic mass is 9.76. The van der Waals surface area contributed by atoms with Crippen LogP contribution < -0.4 is 5.32 Å². The second-order valence-electron chi connectivity index (χ2n) is 4.27. The number of hydrogen-bond acceptors (Lipinski definition) is 2. The van der Waals surface area contributed by atoms with Gasteiger partial charge in [-0.3, -0.25) is 4.79 Å². The van der Waals surface area contributed by atoms with Crippen LogP contribution in [0.3, 0.4) is 0 Å². The Kier molecular flexibility index (Phi) is 3.13. The number of amides is 1. The van der Waals surface area contributed by atoms with Crippen LogP contribution in [-0.2, 0) is 9.59 Å². The lowest BCUT2D eigenvalue weighted by Crippen LogP contribution is -2.56. The summed E-state index contributed by atoms with van der Waals surface area (Å²) < 4.78 is 0. The number of carbonyl (C=O) groups excluding carboxylic acids is 1. The van der Waals surface area contributed by atoms with Crippen molar-refractivity contribution >= 4 is 11.9 Å². The molecule has 1 saturated carbocycles. The first-order chi connectivity index (χ1) is 6.46. The SMILES string of the molecule is CC(=O)NC1(C(=O)O)CCCC(C)C1. The number of carboxylic acid groups (broad SMARTS) is 1. The molecule has 0 aromatic rings. The molecule has 0 bridgehead atoms. The Morgan fingerprint density at radius 1 is 1.50 bits per heavy atom. The van der Waals surface area contributed by atoms with E-state index in [2.05, 4.69) is 5.32 Å². The van der Waals surface area contributed by atoms with E-state index in [9.17, 15) is 9.59 Å². The van der Waals surface area contributed by atoms with Crippen LogP contribution in [0.2, 0.25) is 0 Å². The van der Waals surface area contributed by atoms with Gasteiger partial charge in [0.2, 0.25) is 5.91 Å². The van der Waals surface area contributed by atoms with Crippen molar-refractivity contribution in [3.63, 3.8) is 0 Å². The first-order valence-electron chi connectivity index (χ1n) is 4.98. The first kappa shape index (κ1) is 11.0. The molecule has 1 aliphatic carbocycles. The van der Waals surface area contributed by atoms with Crippen LogP contribution in [0.4, 0.5) is 0 Å². The van der Waals surface area contributed by atoms with Crippen molar-refractivity contribution < 1.29 is 14.7 Å². The molecule has 0 radical (unpaired) electrons. The summed E-state index contributed by atoms with van der Waals surface area (Å²) in [6.45, 7) is 3.39. The molecule has 0 aliphatic heterocycles. The molecule has 80 valence electrons. The van der Waals surface area contributed by atoms with E-state index in [1.54, 1.807) is 0 Å². The van der Waals surface area contributed by atoms with Gasteiger partial charge in [-0.15, -0.1) is 0 Å². The van der Waals surface area contributed by atoms with Crippen molar-refractivity contribution in [1.82, 2.24) is 5.32 Å². The molecular formula is C10H17NO3. The molecule has 4 heteroatoms. The Hall–Kier alpha value is -1.06. The van der Waals surface area contributed by atoms with Crippen LogP contribution in [0.1, 0.15) is 39.5 Å². The highest BCUT2D eigenvalue weighted by Gasteiger charge is 2.42. The molecule has 14 heavy (non-hydrogen) atoms. The lowest BCUT2D eigenvalue weighted by Gasteiger charge is -2.36. The van der Waals surface area contributed by atoms with E-state index < -0.39 is 11.5 Å². The zero-order valence-electron chi connectivity index (χ0n) is 8.67. The minimum atomic E-state index is -1.01. The fourth-order valence-electron chi connectivity index (χ4n) is 2.25. The minimum Gasteiger partial charge on any atom is -0.480 e. The predicted octanol–water partition coefficient (Wildman–Crippen LogP) is 1.16. The average molecular weight is 199 g/mol. The zero-order chi connectivity index (χ0) is 10.8. The van der Waals surface area contributed by atoms with Crippen LogP contribution in [0.5, 0.6) is 0 Å². The standard InChI is InChI=1S/C10H17NO3/c1-7-4-3-5-10(6-7,9(13)14)11-8(2)12/h7H,3-6H2,1-2H3,(H,11,12)(H,13,14). The monoisotopic (exact) mass is 199 g/mol. The molecule has 2 N–H and O–H groups in total. The lowest BCUT2D eigenvalue weighted by molar-refractivity contribution is -0.149. The summed E-state index contributed by atoms with van der Waals surface area (Å²) >= 11 is 0. The number of hydrogen-bond donors (Lipinski definition) is 2. The first-order valence-corrected chi connectivity index (χ1v) is 4.98. The molecule has 0 heterocycles. The number of carbonyl (C=O) groups is 2. The van der Waals surface area contributed by atoms with E-state index in [-0.39, 0.29) is 5.91 Å². The smallest absolute Gasteiger partial charge is 0.329 e. The molecule has 1 aliphatic rings. The largest absolute Gasteiger partial charge is 0.480 e. The van der Waals surface area contributed by atoms with Crippen molar-refractivity contribution in [2.75, 3.05) is 0 Å². The van der Waals surface area contributed by atoms with Crippen molar-refractivity contribution in [2.45, 2.75) is 45.1 Å². The maximum atomic E-state index is 11.1. The van der Waals surface area contributed by atoms with Gasteiger partial charge in [-0.05, 0) is 18.8 Å². The van der Waals surface area contributed by atoms with Gasteiger partial charge in [-0.25, -0.2) is 4.79 Å². The Balaban J connectivity index is 2.80. The van der Waals surface area contributed by atoms with Crippen molar-refractivity contribution in [3.8, 4) is 0 Å². The highest BCUT2D eigenvalue weighted by atomic mass is 16.4. The Labute approximate surface area is 83.7 Å². The van der Waals surface area contributed by atoms with Crippen molar-refractivity contribution in [2.24, 2.45) is 5.92 Å². The summed E-state index contributed by atoms with van der Waals surface area (Å²) in [6.07, 6.45) is 3.01. The molecule has 0 aromatic heterocycles. The molecular weight excluding hydrogens is 182 g/mol. The molecule has 1 rings (SSSR count). The summed E-state index contributed by atoms with van der Waals surface area (Å²) in [5.74, 6) is -0.799. The highest BCUT2D eigenvalue weighted by Crippen LogP contribution is 2.32. The van der Waals surface area contributed by atoms with Crippen molar-refractivity contribution in [3.05, 3.63) is 0 Å². The zero-order valence-corrected chi connectivity index (χ0v) is 8.67. The molecule has 0 aromatic carbocycles. The number of aliphatic carboxylic acids is 1. The Morgan fingerprint density at radius 2 is 2.14 bits per heavy atom. The van der Waals surface area contributed by atoms with Crippen LogP contribution in [0.15, 0.2) is 0 Å². The summed E-state index contributed by atoms with van der Waals surface area (Å²) in [5.41, 5.74) is -1.01. The minimum absolute atomic E-state index is 0.262. The summed E-state index contributed by atoms with van der Waals surface area (Å²) in [5, 5.41) is 11.7. The highest BCUT2D eigenvalue weighted by molar-refractivity contribution is 5.86. The Bertz CT molecular complexity index is 252. The third-order valence-corrected chi connectivity index (χ3v) is 2.82. The fourth-order valence-corrected chi connectivity index (χ4v) is 2.25. The molecule has 1 fully saturated rings. The quantitative estimate of drug-likeness (QED) is 0.701. The molecule has 0 saturated heterocycles. The van der Waals surface area contributed by atoms with Crippen molar-refractivity contribution in [1.29, 1.82) is 0 Å². The molecule has 4 nitrogen and oxygen atoms in total. The van der Waals surface area contributed by atoms with Gasteiger partial charge in [-0.1, -0.05) is 19.8 Å². The summed E-state index contributed by atoms with van der Waals surface area (Å²) in [4.78, 5) is 22.1. The third kappa shape index (κ3) is 2.25. The normalized spacial score (nSPS) is 32.3. The average Bonchev–Trinajstić information content (AvgIpc) is 2.02. The number of nitrogens with one attached hydrogen (secondary N) is 1. The maximum absolute atomic E-state index is 11.1. The third-order valence-electron chi connectivity index (χ3n) is 2.82. The van der Waals surface area contributed by atoms with Gasteiger partial charge in [0.05, 0.1) is 0 Å². The van der Waals surface area contributed by atoms with E-state index >= 15 is 0 Å². The van der Waals surface area contributed by atoms with Crippen LogP contribution >= 0.6 is 0 Å². The predicted molar refractivity (Wildman–Crippen MR) is 51.8 cm³/mol. The van der Waals surface area contributed by atoms with Crippen LogP contribution in [0, 0.1) is 5.92 Å². The van der Waals surface area contributed by atoms with E-state index in [4.69, 9.17) is 5.11 Å². The summed E-state index contributed by atoms with van der Waals surface area (Å²) in [6, 6.07) is 0. The van der Waals surface area contributed by atoms with Gasteiger partial charge in [0.15, 0.2) is 0 Å². The van der Waals surface area contributed by atoms with Gasteiger partial charge in [0.25, 0.3) is 0 Å². The summed E-state index contributed by atoms with van der Waals surface area (Å²) in [7, 11) is 0. The molecule has 0 spiro atoms. The molecule has 2 atom stereocenters. The van der Waals surface area contributed by atoms with E-state index in [1.807, 2.05) is 6.92 Å². The van der Waals surface area contributed by atoms with Gasteiger partial charge in [0.1, 0.15) is 5.54 Å². The van der Waals surface area contributed by atoms with Crippen LogP contribution in [-0.4, -0.2) is 22.5 Å². The van der Waals surface area contributed by atoms with Gasteiger partial charge >= 0.3 is 5.97 Å². The van der Waals surface area contributed by atoms with Gasteiger partial charge in [0, 0.05) is 6.92 Å². The molecule has 1 amide bonds. The van der Waals surface area contributed by atoms with E-state index in [0.29, 0.717) is 18.8 Å². The van der Waals surface area contributed by atoms with E-state index in [1.165, 1.54) is 6.92 Å². The van der Waals surface area contributed by atoms with E-state index in [0.717, 1.165) is 12.8 Å². The van der Waals surface area contributed by atoms with Gasteiger partial charge in [-0.2, -0.15) is 0 Å². The number of carboxylic acids is 1. The van der Waals surface area contributed by atoms with Gasteiger partial charge < -0.3 is 10.4 Å². The Morgan fingerprint density at radius 3 is 2.57 bits per heavy atom. The number of rotatable bonds is 2. The topological polar surface area (TPSA) is 66.4 Å². The van der Waals surface area contributed by atoms with Crippen LogP contribution in [0.25, 0.3) is 0 Å². The second-order valence-corrected chi connectivity index (χ2v) is 4.27. The fraction of sp³-hybridized carbons (Fsp3) is 0.800. The molecule has 2 unspecified atom stereocenters. The second kappa shape index (κ2) is 3.98.